The third kappa shape index (κ3) is 3.11. The van der Waals surface area contributed by atoms with Gasteiger partial charge in [0.1, 0.15) is 0 Å². The minimum atomic E-state index is 0.586. The number of rotatable bonds is 6. The minimum Gasteiger partial charge on any atom is -0.352 e. The first-order valence-corrected chi connectivity index (χ1v) is 7.80. The Morgan fingerprint density at radius 1 is 1.37 bits per heavy atom. The highest BCUT2D eigenvalue weighted by Crippen LogP contribution is 2.30. The molecule has 0 spiro atoms. The molecule has 4 nitrogen and oxygen atoms in total. The van der Waals surface area contributed by atoms with Gasteiger partial charge in [-0.25, -0.2) is 4.98 Å². The molecule has 2 fully saturated rings. The summed E-state index contributed by atoms with van der Waals surface area (Å²) in [7, 11) is 0. The summed E-state index contributed by atoms with van der Waals surface area (Å²) in [5, 5.41) is 3.66. The van der Waals surface area contributed by atoms with Crippen molar-refractivity contribution in [2.75, 3.05) is 18.4 Å². The average Bonchev–Trinajstić information content (AvgIpc) is 3.05. The number of imidazole rings is 1. The van der Waals surface area contributed by atoms with E-state index in [1.807, 2.05) is 0 Å². The van der Waals surface area contributed by atoms with Gasteiger partial charge < -0.3 is 9.88 Å². The zero-order valence-corrected chi connectivity index (χ0v) is 12.2. The standard InChI is InChI=1S/C15H26N4/c1-3-4-8-19-10-12(2)16-15(19)17-13-7-9-18(11-13)14-5-6-14/h10,13-14H,3-9,11H2,1-2H3,(H,16,17). The molecule has 4 heteroatoms. The van der Waals surface area contributed by atoms with Gasteiger partial charge >= 0.3 is 0 Å². The third-order valence-electron chi connectivity index (χ3n) is 4.27. The summed E-state index contributed by atoms with van der Waals surface area (Å²) in [6.07, 6.45) is 8.72. The number of hydrogen-bond acceptors (Lipinski definition) is 3. The Labute approximate surface area is 116 Å². The van der Waals surface area contributed by atoms with Gasteiger partial charge in [-0.1, -0.05) is 13.3 Å². The van der Waals surface area contributed by atoms with Crippen LogP contribution in [0.1, 0.15) is 44.7 Å². The lowest BCUT2D eigenvalue weighted by atomic mass is 10.3. The summed E-state index contributed by atoms with van der Waals surface area (Å²) in [6.45, 7) is 7.86. The maximum Gasteiger partial charge on any atom is 0.203 e. The fraction of sp³-hybridized carbons (Fsp3) is 0.800. The van der Waals surface area contributed by atoms with Crippen LogP contribution < -0.4 is 5.32 Å². The minimum absolute atomic E-state index is 0.586. The van der Waals surface area contributed by atoms with Crippen LogP contribution in [0.4, 0.5) is 5.95 Å². The van der Waals surface area contributed by atoms with Gasteiger partial charge in [0.15, 0.2) is 0 Å². The van der Waals surface area contributed by atoms with Crippen LogP contribution in [0.3, 0.4) is 0 Å². The van der Waals surface area contributed by atoms with E-state index in [1.54, 1.807) is 0 Å². The number of nitrogens with one attached hydrogen (secondary N) is 1. The van der Waals surface area contributed by atoms with Crippen molar-refractivity contribution < 1.29 is 0 Å². The zero-order chi connectivity index (χ0) is 13.2. The van der Waals surface area contributed by atoms with Crippen LogP contribution in [0.5, 0.6) is 0 Å². The van der Waals surface area contributed by atoms with Crippen molar-refractivity contribution in [2.45, 2.75) is 64.6 Å². The molecule has 19 heavy (non-hydrogen) atoms. The lowest BCUT2D eigenvalue weighted by Crippen LogP contribution is -2.28. The SMILES string of the molecule is CCCCn1cc(C)nc1NC1CCN(C2CC2)C1. The summed E-state index contributed by atoms with van der Waals surface area (Å²) in [5.74, 6) is 1.08. The van der Waals surface area contributed by atoms with Crippen LogP contribution in [-0.4, -0.2) is 39.6 Å². The number of aromatic nitrogens is 2. The van der Waals surface area contributed by atoms with Crippen molar-refractivity contribution in [1.82, 2.24) is 14.5 Å². The first-order chi connectivity index (χ1) is 9.26. The highest BCUT2D eigenvalue weighted by atomic mass is 15.3. The highest BCUT2D eigenvalue weighted by Gasteiger charge is 2.34. The molecule has 1 saturated heterocycles. The van der Waals surface area contributed by atoms with Crippen molar-refractivity contribution in [3.8, 4) is 0 Å². The van der Waals surface area contributed by atoms with Crippen molar-refractivity contribution in [3.05, 3.63) is 11.9 Å². The molecule has 1 saturated carbocycles. The molecule has 106 valence electrons. The number of unbranched alkanes of at least 4 members (excludes halogenated alkanes) is 1. The maximum absolute atomic E-state index is 4.65. The molecule has 0 radical (unpaired) electrons. The smallest absolute Gasteiger partial charge is 0.203 e. The second-order valence-corrected chi connectivity index (χ2v) is 6.11. The molecule has 1 unspecified atom stereocenters. The molecular formula is C15H26N4. The molecular weight excluding hydrogens is 236 g/mol. The van der Waals surface area contributed by atoms with Crippen LogP contribution in [0.15, 0.2) is 6.20 Å². The largest absolute Gasteiger partial charge is 0.352 e. The van der Waals surface area contributed by atoms with E-state index in [4.69, 9.17) is 0 Å². The van der Waals surface area contributed by atoms with E-state index < -0.39 is 0 Å². The van der Waals surface area contributed by atoms with Crippen LogP contribution >= 0.6 is 0 Å². The Balaban J connectivity index is 1.59. The number of likely N-dealkylation sites (tertiary alicyclic amines) is 1. The molecule has 0 amide bonds. The van der Waals surface area contributed by atoms with E-state index in [9.17, 15) is 0 Å². The molecule has 3 rings (SSSR count). The summed E-state index contributed by atoms with van der Waals surface area (Å²) in [4.78, 5) is 7.29. The number of aryl methyl sites for hydroxylation is 2. The monoisotopic (exact) mass is 262 g/mol. The van der Waals surface area contributed by atoms with Crippen molar-refractivity contribution in [3.63, 3.8) is 0 Å². The highest BCUT2D eigenvalue weighted by molar-refractivity contribution is 5.31. The van der Waals surface area contributed by atoms with Crippen LogP contribution in [0, 0.1) is 6.92 Å². The Morgan fingerprint density at radius 3 is 2.95 bits per heavy atom. The first-order valence-electron chi connectivity index (χ1n) is 7.80. The summed E-state index contributed by atoms with van der Waals surface area (Å²) < 4.78 is 2.29. The normalized spacial score (nSPS) is 24.0. The topological polar surface area (TPSA) is 33.1 Å². The Bertz CT molecular complexity index is 422. The van der Waals surface area contributed by atoms with E-state index in [2.05, 4.69) is 39.8 Å². The zero-order valence-electron chi connectivity index (χ0n) is 12.2. The van der Waals surface area contributed by atoms with E-state index in [0.717, 1.165) is 24.2 Å². The third-order valence-corrected chi connectivity index (χ3v) is 4.27. The molecule has 1 aliphatic carbocycles. The fourth-order valence-corrected chi connectivity index (χ4v) is 3.02. The predicted molar refractivity (Wildman–Crippen MR) is 78.5 cm³/mol. The average molecular weight is 262 g/mol. The van der Waals surface area contributed by atoms with Gasteiger partial charge in [0, 0.05) is 37.9 Å². The van der Waals surface area contributed by atoms with Gasteiger partial charge in [0.25, 0.3) is 0 Å². The van der Waals surface area contributed by atoms with Crippen molar-refractivity contribution in [1.29, 1.82) is 0 Å². The second kappa shape index (κ2) is 5.53. The predicted octanol–water partition coefficient (Wildman–Crippen LogP) is 2.64. The Hall–Kier alpha value is -1.03. The summed E-state index contributed by atoms with van der Waals surface area (Å²) >= 11 is 0. The van der Waals surface area contributed by atoms with Crippen molar-refractivity contribution >= 4 is 5.95 Å². The Kier molecular flexibility index (Phi) is 3.78. The maximum atomic E-state index is 4.65. The number of nitrogens with zero attached hydrogens (tertiary/aromatic N) is 3. The molecule has 1 atom stereocenters. The summed E-state index contributed by atoms with van der Waals surface area (Å²) in [5.41, 5.74) is 1.12. The molecule has 1 aliphatic heterocycles. The second-order valence-electron chi connectivity index (χ2n) is 6.11. The summed E-state index contributed by atoms with van der Waals surface area (Å²) in [6, 6.07) is 1.48. The molecule has 1 aromatic rings. The van der Waals surface area contributed by atoms with Crippen LogP contribution in [0.2, 0.25) is 0 Å². The van der Waals surface area contributed by atoms with Gasteiger partial charge in [-0.2, -0.15) is 0 Å². The molecule has 1 N–H and O–H groups in total. The lowest BCUT2D eigenvalue weighted by Gasteiger charge is -2.17. The number of anilines is 1. The van der Waals surface area contributed by atoms with Crippen molar-refractivity contribution in [2.24, 2.45) is 0 Å². The van der Waals surface area contributed by atoms with E-state index in [0.29, 0.717) is 6.04 Å². The molecule has 2 aliphatic rings. The van der Waals surface area contributed by atoms with Crippen LogP contribution in [-0.2, 0) is 6.54 Å². The van der Waals surface area contributed by atoms with Gasteiger partial charge in [0.2, 0.25) is 5.95 Å². The molecule has 0 aromatic carbocycles. The van der Waals surface area contributed by atoms with Gasteiger partial charge in [-0.05, 0) is 32.6 Å². The van der Waals surface area contributed by atoms with Crippen LogP contribution in [0.25, 0.3) is 0 Å². The van der Waals surface area contributed by atoms with Gasteiger partial charge in [0.05, 0.1) is 5.69 Å². The molecule has 0 bridgehead atoms. The molecule has 1 aromatic heterocycles. The molecule has 2 heterocycles. The Morgan fingerprint density at radius 2 is 2.21 bits per heavy atom. The number of hydrogen-bond donors (Lipinski definition) is 1. The van der Waals surface area contributed by atoms with E-state index in [-0.39, 0.29) is 0 Å². The van der Waals surface area contributed by atoms with Gasteiger partial charge in [-0.3, -0.25) is 4.90 Å². The first kappa shape index (κ1) is 13.0. The van der Waals surface area contributed by atoms with E-state index in [1.165, 1.54) is 45.2 Å². The van der Waals surface area contributed by atoms with Gasteiger partial charge in [-0.15, -0.1) is 0 Å². The quantitative estimate of drug-likeness (QED) is 0.855. The fourth-order valence-electron chi connectivity index (χ4n) is 3.02. The lowest BCUT2D eigenvalue weighted by molar-refractivity contribution is 0.326. The van der Waals surface area contributed by atoms with E-state index >= 15 is 0 Å².